The zero-order valence-electron chi connectivity index (χ0n) is 17.6. The first-order valence-corrected chi connectivity index (χ1v) is 12.2. The minimum atomic E-state index is -0.430. The zero-order valence-corrected chi connectivity index (χ0v) is 20.0. The van der Waals surface area contributed by atoms with Crippen LogP contribution in [-0.4, -0.2) is 39.5 Å². The fourth-order valence-electron chi connectivity index (χ4n) is 3.16. The lowest BCUT2D eigenvalue weighted by atomic mass is 10.1. The molecule has 0 atom stereocenters. The van der Waals surface area contributed by atoms with Crippen LogP contribution in [0.15, 0.2) is 16.6 Å². The third-order valence-corrected chi connectivity index (χ3v) is 7.45. The molecule has 1 N–H and O–H groups in total. The molecule has 1 amide bonds. The molecule has 0 aliphatic heterocycles. The number of methoxy groups -OCH3 is 1. The molecular formula is C20H24N4O3S3. The number of rotatable bonds is 8. The van der Waals surface area contributed by atoms with Crippen molar-refractivity contribution in [2.45, 2.75) is 45.8 Å². The van der Waals surface area contributed by atoms with Crippen LogP contribution in [0.25, 0.3) is 11.4 Å². The van der Waals surface area contributed by atoms with Crippen LogP contribution in [0.2, 0.25) is 0 Å². The lowest BCUT2D eigenvalue weighted by molar-refractivity contribution is -0.113. The highest BCUT2D eigenvalue weighted by Gasteiger charge is 2.23. The van der Waals surface area contributed by atoms with Gasteiger partial charge in [0, 0.05) is 27.2 Å². The maximum atomic E-state index is 12.6. The number of thioether (sulfide) groups is 1. The summed E-state index contributed by atoms with van der Waals surface area (Å²) in [6.45, 7) is 8.71. The average Bonchev–Trinajstić information content (AvgIpc) is 3.41. The number of anilines is 1. The number of carbonyl (C=O) groups excluding carboxylic acids is 2. The summed E-state index contributed by atoms with van der Waals surface area (Å²) in [6.07, 6.45) is 0.696. The van der Waals surface area contributed by atoms with E-state index in [0.29, 0.717) is 28.7 Å². The number of nitrogens with one attached hydrogen (secondary N) is 1. The van der Waals surface area contributed by atoms with Gasteiger partial charge in [-0.25, -0.2) is 4.79 Å². The average molecular weight is 465 g/mol. The summed E-state index contributed by atoms with van der Waals surface area (Å²) in [6, 6.07) is 2.08. The Morgan fingerprint density at radius 1 is 1.27 bits per heavy atom. The van der Waals surface area contributed by atoms with E-state index in [1.807, 2.05) is 25.3 Å². The zero-order chi connectivity index (χ0) is 21.8. The van der Waals surface area contributed by atoms with Crippen LogP contribution in [0.5, 0.6) is 0 Å². The first-order valence-electron chi connectivity index (χ1n) is 9.51. The summed E-state index contributed by atoms with van der Waals surface area (Å²) in [4.78, 5) is 27.0. The number of nitrogens with zero attached hydrogens (tertiary/aromatic N) is 3. The number of amides is 1. The van der Waals surface area contributed by atoms with Gasteiger partial charge in [-0.1, -0.05) is 18.7 Å². The van der Waals surface area contributed by atoms with Crippen LogP contribution in [0.1, 0.15) is 39.5 Å². The Morgan fingerprint density at radius 3 is 2.63 bits per heavy atom. The van der Waals surface area contributed by atoms with E-state index >= 15 is 0 Å². The van der Waals surface area contributed by atoms with E-state index in [2.05, 4.69) is 33.9 Å². The van der Waals surface area contributed by atoms with Crippen molar-refractivity contribution in [1.29, 1.82) is 0 Å². The van der Waals surface area contributed by atoms with Crippen molar-refractivity contribution >= 4 is 51.3 Å². The van der Waals surface area contributed by atoms with E-state index in [1.54, 1.807) is 11.3 Å². The van der Waals surface area contributed by atoms with Gasteiger partial charge in [-0.3, -0.25) is 4.79 Å². The number of carbonyl (C=O) groups is 2. The van der Waals surface area contributed by atoms with E-state index in [4.69, 9.17) is 4.74 Å². The molecule has 10 heteroatoms. The van der Waals surface area contributed by atoms with Crippen LogP contribution in [0.3, 0.4) is 0 Å². The summed E-state index contributed by atoms with van der Waals surface area (Å²) in [7, 11) is 1.35. The molecule has 3 rings (SSSR count). The molecule has 160 valence electrons. The van der Waals surface area contributed by atoms with E-state index in [-0.39, 0.29) is 11.7 Å². The highest BCUT2D eigenvalue weighted by Crippen LogP contribution is 2.34. The van der Waals surface area contributed by atoms with E-state index in [1.165, 1.54) is 35.1 Å². The van der Waals surface area contributed by atoms with Gasteiger partial charge < -0.3 is 14.6 Å². The summed E-state index contributed by atoms with van der Waals surface area (Å²) in [5.74, 6) is 0.340. The molecule has 0 saturated carbocycles. The van der Waals surface area contributed by atoms with Crippen molar-refractivity contribution in [2.24, 2.45) is 0 Å². The van der Waals surface area contributed by atoms with Crippen molar-refractivity contribution in [2.75, 3.05) is 18.2 Å². The normalized spacial score (nSPS) is 11.0. The van der Waals surface area contributed by atoms with Gasteiger partial charge in [0.1, 0.15) is 5.00 Å². The van der Waals surface area contributed by atoms with Crippen LogP contribution < -0.4 is 5.32 Å². The number of aromatic nitrogens is 3. The van der Waals surface area contributed by atoms with Gasteiger partial charge in [-0.05, 0) is 38.8 Å². The van der Waals surface area contributed by atoms with Gasteiger partial charge in [0.25, 0.3) is 0 Å². The maximum Gasteiger partial charge on any atom is 0.341 e. The highest BCUT2D eigenvalue weighted by molar-refractivity contribution is 7.99. The predicted molar refractivity (Wildman–Crippen MR) is 123 cm³/mol. The molecule has 3 aromatic rings. The Balaban J connectivity index is 1.73. The molecule has 0 bridgehead atoms. The standard InChI is InChI=1S/C20H24N4O3S3/c1-6-14-12(4)30-18(16(14)19(26)27-5)21-15(25)10-29-20-23-22-17(24(20)7-2)13-8-11(3)28-9-13/h8-9H,6-7,10H2,1-5H3,(H,21,25). The van der Waals surface area contributed by atoms with Gasteiger partial charge >= 0.3 is 5.97 Å². The molecule has 0 aliphatic rings. The van der Waals surface area contributed by atoms with Crippen LogP contribution >= 0.6 is 34.4 Å². The molecule has 0 aromatic carbocycles. The van der Waals surface area contributed by atoms with Crippen molar-refractivity contribution in [3.8, 4) is 11.4 Å². The molecule has 30 heavy (non-hydrogen) atoms. The molecule has 0 spiro atoms. The SMILES string of the molecule is CCc1c(C)sc(NC(=O)CSc2nnc(-c3csc(C)c3)n2CC)c1C(=O)OC. The Labute approximate surface area is 187 Å². The molecule has 3 aromatic heterocycles. The second kappa shape index (κ2) is 9.76. The minimum Gasteiger partial charge on any atom is -0.465 e. The lowest BCUT2D eigenvalue weighted by Gasteiger charge is -2.08. The van der Waals surface area contributed by atoms with E-state index in [0.717, 1.165) is 21.8 Å². The molecule has 0 fully saturated rings. The number of hydrogen-bond acceptors (Lipinski definition) is 8. The van der Waals surface area contributed by atoms with Crippen molar-refractivity contribution in [3.05, 3.63) is 32.3 Å². The summed E-state index contributed by atoms with van der Waals surface area (Å²) >= 11 is 4.39. The monoisotopic (exact) mass is 464 g/mol. The van der Waals surface area contributed by atoms with Gasteiger partial charge in [0.15, 0.2) is 11.0 Å². The number of thiophene rings is 2. The molecule has 7 nitrogen and oxygen atoms in total. The summed E-state index contributed by atoms with van der Waals surface area (Å²) in [5.41, 5.74) is 2.40. The Morgan fingerprint density at radius 2 is 2.03 bits per heavy atom. The first kappa shape index (κ1) is 22.5. The number of esters is 1. The van der Waals surface area contributed by atoms with Crippen LogP contribution in [-0.2, 0) is 22.5 Å². The number of hydrogen-bond donors (Lipinski definition) is 1. The van der Waals surface area contributed by atoms with Gasteiger partial charge in [-0.15, -0.1) is 32.9 Å². The van der Waals surface area contributed by atoms with Gasteiger partial charge in [0.05, 0.1) is 18.4 Å². The highest BCUT2D eigenvalue weighted by atomic mass is 32.2. The van der Waals surface area contributed by atoms with Crippen molar-refractivity contribution < 1.29 is 14.3 Å². The number of ether oxygens (including phenoxy) is 1. The predicted octanol–water partition coefficient (Wildman–Crippen LogP) is 4.78. The molecule has 0 saturated heterocycles. The van der Waals surface area contributed by atoms with Crippen molar-refractivity contribution in [1.82, 2.24) is 14.8 Å². The van der Waals surface area contributed by atoms with Crippen molar-refractivity contribution in [3.63, 3.8) is 0 Å². The lowest BCUT2D eigenvalue weighted by Crippen LogP contribution is -2.16. The topological polar surface area (TPSA) is 86.1 Å². The van der Waals surface area contributed by atoms with Crippen LogP contribution in [0, 0.1) is 13.8 Å². The van der Waals surface area contributed by atoms with E-state index < -0.39 is 5.97 Å². The third-order valence-electron chi connectivity index (χ3n) is 4.56. The molecular weight excluding hydrogens is 440 g/mol. The molecule has 0 unspecified atom stereocenters. The number of aryl methyl sites for hydroxylation is 2. The van der Waals surface area contributed by atoms with Gasteiger partial charge in [0.2, 0.25) is 5.91 Å². The third kappa shape index (κ3) is 4.60. The molecule has 0 radical (unpaired) electrons. The second-order valence-electron chi connectivity index (χ2n) is 6.52. The Kier molecular flexibility index (Phi) is 7.32. The van der Waals surface area contributed by atoms with E-state index in [9.17, 15) is 9.59 Å². The summed E-state index contributed by atoms with van der Waals surface area (Å²) in [5, 5.41) is 14.7. The fraction of sp³-hybridized carbons (Fsp3) is 0.400. The fourth-order valence-corrected chi connectivity index (χ4v) is 5.79. The molecule has 0 aliphatic carbocycles. The first-order chi connectivity index (χ1) is 14.4. The maximum absolute atomic E-state index is 12.6. The second-order valence-corrected chi connectivity index (χ2v) is 9.80. The molecule has 3 heterocycles. The smallest absolute Gasteiger partial charge is 0.341 e. The summed E-state index contributed by atoms with van der Waals surface area (Å²) < 4.78 is 6.91. The quantitative estimate of drug-likeness (QED) is 0.381. The minimum absolute atomic E-state index is 0.166. The van der Waals surface area contributed by atoms with Gasteiger partial charge in [-0.2, -0.15) is 0 Å². The Bertz CT molecular complexity index is 1070. The Hall–Kier alpha value is -2.17. The van der Waals surface area contributed by atoms with Crippen LogP contribution in [0.4, 0.5) is 5.00 Å². The largest absolute Gasteiger partial charge is 0.465 e.